The first-order valence-corrected chi connectivity index (χ1v) is 4.92. The van der Waals surface area contributed by atoms with Gasteiger partial charge in [-0.15, -0.1) is 0 Å². The Hall–Kier alpha value is -2.10. The highest BCUT2D eigenvalue weighted by molar-refractivity contribution is 5.78. The molecule has 0 radical (unpaired) electrons. The summed E-state index contributed by atoms with van der Waals surface area (Å²) in [7, 11) is 0. The molecule has 1 aromatic carbocycles. The van der Waals surface area contributed by atoms with Crippen molar-refractivity contribution in [2.24, 2.45) is 5.16 Å². The van der Waals surface area contributed by atoms with Gasteiger partial charge in [0.2, 0.25) is 0 Å². The van der Waals surface area contributed by atoms with E-state index in [1.54, 1.807) is 6.07 Å². The maximum Gasteiger partial charge on any atom is 0.167 e. The van der Waals surface area contributed by atoms with Crippen LogP contribution in [0.25, 0.3) is 11.3 Å². The summed E-state index contributed by atoms with van der Waals surface area (Å²) in [4.78, 5) is 0. The molecule has 0 atom stereocenters. The van der Waals surface area contributed by atoms with Crippen LogP contribution in [0.5, 0.6) is 0 Å². The highest BCUT2D eigenvalue weighted by atomic mass is 16.5. The van der Waals surface area contributed by atoms with Crippen molar-refractivity contribution in [1.82, 2.24) is 5.16 Å². The van der Waals surface area contributed by atoms with E-state index in [0.717, 1.165) is 16.7 Å². The minimum absolute atomic E-state index is 0.499. The van der Waals surface area contributed by atoms with Crippen molar-refractivity contribution in [2.75, 3.05) is 0 Å². The lowest BCUT2D eigenvalue weighted by atomic mass is 10.0. The average Bonchev–Trinajstić information content (AvgIpc) is 2.71. The lowest BCUT2D eigenvalue weighted by Crippen LogP contribution is -1.82. The fourth-order valence-electron chi connectivity index (χ4n) is 1.54. The van der Waals surface area contributed by atoms with Gasteiger partial charge in [-0.1, -0.05) is 28.0 Å². The van der Waals surface area contributed by atoms with Gasteiger partial charge < -0.3 is 9.73 Å². The summed E-state index contributed by atoms with van der Waals surface area (Å²) in [5.74, 6) is 0.677. The first kappa shape index (κ1) is 10.4. The van der Waals surface area contributed by atoms with Crippen molar-refractivity contribution < 1.29 is 9.73 Å². The summed E-state index contributed by atoms with van der Waals surface area (Å²) < 4.78 is 5.19. The molecular formula is C12H12N2O2. The van der Waals surface area contributed by atoms with Gasteiger partial charge in [0.1, 0.15) is 5.69 Å². The van der Waals surface area contributed by atoms with Crippen LogP contribution in [-0.2, 0) is 0 Å². The summed E-state index contributed by atoms with van der Waals surface area (Å²) in [6.45, 7) is 4.03. The van der Waals surface area contributed by atoms with Crippen LogP contribution >= 0.6 is 0 Å². The molecule has 4 heteroatoms. The molecule has 1 heterocycles. The minimum Gasteiger partial charge on any atom is -0.411 e. The van der Waals surface area contributed by atoms with Gasteiger partial charge >= 0.3 is 0 Å². The molecule has 1 N–H and O–H groups in total. The van der Waals surface area contributed by atoms with Crippen molar-refractivity contribution >= 4 is 6.21 Å². The zero-order valence-electron chi connectivity index (χ0n) is 9.14. The van der Waals surface area contributed by atoms with E-state index in [0.29, 0.717) is 11.5 Å². The van der Waals surface area contributed by atoms with Crippen LogP contribution in [0.4, 0.5) is 0 Å². The Morgan fingerprint density at radius 2 is 2.12 bits per heavy atom. The van der Waals surface area contributed by atoms with E-state index in [9.17, 15) is 0 Å². The smallest absolute Gasteiger partial charge is 0.167 e. The van der Waals surface area contributed by atoms with E-state index >= 15 is 0 Å². The van der Waals surface area contributed by atoms with Gasteiger partial charge in [0.05, 0.1) is 6.21 Å². The summed E-state index contributed by atoms with van der Waals surface area (Å²) >= 11 is 0. The van der Waals surface area contributed by atoms with Crippen LogP contribution in [0.1, 0.15) is 16.8 Å². The molecule has 2 rings (SSSR count). The molecule has 0 saturated heterocycles. The van der Waals surface area contributed by atoms with Crippen LogP contribution in [-0.4, -0.2) is 16.6 Å². The molecular weight excluding hydrogens is 204 g/mol. The number of hydrogen-bond donors (Lipinski definition) is 1. The van der Waals surface area contributed by atoms with Gasteiger partial charge in [-0.2, -0.15) is 0 Å². The fourth-order valence-corrected chi connectivity index (χ4v) is 1.54. The van der Waals surface area contributed by atoms with Crippen molar-refractivity contribution in [2.45, 2.75) is 13.8 Å². The Kier molecular flexibility index (Phi) is 2.72. The SMILES string of the molecule is Cc1ccc(C)c(-c2cc(C=NO)no2)c1. The number of aryl methyl sites for hydroxylation is 2. The molecule has 0 spiro atoms. The highest BCUT2D eigenvalue weighted by Gasteiger charge is 2.08. The number of oxime groups is 1. The lowest BCUT2D eigenvalue weighted by molar-refractivity contribution is 0.321. The number of aromatic nitrogens is 1. The lowest BCUT2D eigenvalue weighted by Gasteiger charge is -2.02. The van der Waals surface area contributed by atoms with Crippen LogP contribution < -0.4 is 0 Å². The molecule has 2 aromatic rings. The van der Waals surface area contributed by atoms with Crippen molar-refractivity contribution in [3.05, 3.63) is 41.1 Å². The third kappa shape index (κ3) is 1.95. The molecule has 0 amide bonds. The molecule has 4 nitrogen and oxygen atoms in total. The number of nitrogens with zero attached hydrogens (tertiary/aromatic N) is 2. The largest absolute Gasteiger partial charge is 0.411 e. The van der Waals surface area contributed by atoms with Crippen LogP contribution in [0, 0.1) is 13.8 Å². The summed E-state index contributed by atoms with van der Waals surface area (Å²) in [6.07, 6.45) is 1.23. The molecule has 0 bridgehead atoms. The zero-order chi connectivity index (χ0) is 11.5. The standard InChI is InChI=1S/C12H12N2O2/c1-8-3-4-9(2)11(5-8)12-6-10(7-13-15)14-16-12/h3-7,15H,1-2H3. The third-order valence-corrected chi connectivity index (χ3v) is 2.38. The van der Waals surface area contributed by atoms with E-state index in [-0.39, 0.29) is 0 Å². The first-order valence-electron chi connectivity index (χ1n) is 4.92. The second-order valence-corrected chi connectivity index (χ2v) is 3.68. The van der Waals surface area contributed by atoms with Crippen LogP contribution in [0.2, 0.25) is 0 Å². The molecule has 1 aromatic heterocycles. The average molecular weight is 216 g/mol. The van der Waals surface area contributed by atoms with Crippen molar-refractivity contribution in [1.29, 1.82) is 0 Å². The Morgan fingerprint density at radius 3 is 2.88 bits per heavy atom. The Bertz CT molecular complexity index is 530. The van der Waals surface area contributed by atoms with Crippen molar-refractivity contribution in [3.8, 4) is 11.3 Å². The molecule has 0 unspecified atom stereocenters. The maximum atomic E-state index is 8.39. The van der Waals surface area contributed by atoms with Gasteiger partial charge in [-0.3, -0.25) is 0 Å². The second-order valence-electron chi connectivity index (χ2n) is 3.68. The quantitative estimate of drug-likeness (QED) is 0.477. The minimum atomic E-state index is 0.499. The van der Waals surface area contributed by atoms with E-state index in [1.807, 2.05) is 32.0 Å². The Morgan fingerprint density at radius 1 is 1.31 bits per heavy atom. The highest BCUT2D eigenvalue weighted by Crippen LogP contribution is 2.24. The fraction of sp³-hybridized carbons (Fsp3) is 0.167. The van der Waals surface area contributed by atoms with Gasteiger partial charge in [-0.25, -0.2) is 0 Å². The number of hydrogen-bond acceptors (Lipinski definition) is 4. The third-order valence-electron chi connectivity index (χ3n) is 2.38. The van der Waals surface area contributed by atoms with E-state index in [2.05, 4.69) is 10.3 Å². The van der Waals surface area contributed by atoms with E-state index < -0.39 is 0 Å². The topological polar surface area (TPSA) is 58.6 Å². The molecule has 0 fully saturated rings. The van der Waals surface area contributed by atoms with Crippen LogP contribution in [0.15, 0.2) is 33.9 Å². The van der Waals surface area contributed by atoms with Gasteiger partial charge in [0.25, 0.3) is 0 Å². The zero-order valence-corrected chi connectivity index (χ0v) is 9.14. The molecule has 0 aliphatic carbocycles. The predicted octanol–water partition coefficient (Wildman–Crippen LogP) is 2.77. The van der Waals surface area contributed by atoms with Crippen molar-refractivity contribution in [3.63, 3.8) is 0 Å². The Labute approximate surface area is 93.2 Å². The summed E-state index contributed by atoms with van der Waals surface area (Å²) in [5, 5.41) is 15.1. The van der Waals surface area contributed by atoms with E-state index in [1.165, 1.54) is 6.21 Å². The number of benzene rings is 1. The summed E-state index contributed by atoms with van der Waals surface area (Å²) in [6, 6.07) is 7.86. The predicted molar refractivity (Wildman–Crippen MR) is 60.8 cm³/mol. The second kappa shape index (κ2) is 4.18. The van der Waals surface area contributed by atoms with Crippen LogP contribution in [0.3, 0.4) is 0 Å². The monoisotopic (exact) mass is 216 g/mol. The molecule has 0 saturated carbocycles. The molecule has 0 aliphatic heterocycles. The van der Waals surface area contributed by atoms with Gasteiger partial charge in [0, 0.05) is 11.6 Å². The van der Waals surface area contributed by atoms with Gasteiger partial charge in [-0.05, 0) is 25.5 Å². The normalized spacial score (nSPS) is 11.1. The molecule has 16 heavy (non-hydrogen) atoms. The van der Waals surface area contributed by atoms with Gasteiger partial charge in [0.15, 0.2) is 5.76 Å². The molecule has 0 aliphatic rings. The Balaban J connectivity index is 2.45. The summed E-state index contributed by atoms with van der Waals surface area (Å²) in [5.41, 5.74) is 3.78. The first-order chi connectivity index (χ1) is 7.70. The maximum absolute atomic E-state index is 8.39. The number of rotatable bonds is 2. The molecule has 82 valence electrons. The van der Waals surface area contributed by atoms with E-state index in [4.69, 9.17) is 9.73 Å².